The first-order valence-electron chi connectivity index (χ1n) is 3.60. The fraction of sp³-hybridized carbons (Fsp3) is 0. The maximum atomic E-state index is 13.0. The fourth-order valence-corrected chi connectivity index (χ4v) is 1.54. The normalized spacial score (nSPS) is 12.1. The first kappa shape index (κ1) is 9.10. The molecule has 0 amide bonds. The zero-order chi connectivity index (χ0) is 10.3. The number of halogens is 1. The molecule has 1 aromatic heterocycles. The highest BCUT2D eigenvalue weighted by atomic mass is 32.2. The van der Waals surface area contributed by atoms with Crippen LogP contribution in [0.4, 0.5) is 4.39 Å². The highest BCUT2D eigenvalue weighted by molar-refractivity contribution is 7.85. The van der Waals surface area contributed by atoms with E-state index in [1.54, 1.807) is 0 Å². The first-order valence-corrected chi connectivity index (χ1v) is 5.04. The smallest absolute Gasteiger partial charge is 0.327 e. The molecule has 74 valence electrons. The van der Waals surface area contributed by atoms with Crippen LogP contribution < -0.4 is 0 Å². The lowest BCUT2D eigenvalue weighted by Gasteiger charge is -1.86. The topological polar surface area (TPSA) is 83.1 Å². The van der Waals surface area contributed by atoms with Gasteiger partial charge in [-0.15, -0.1) is 0 Å². The number of aromatic amines is 1. The van der Waals surface area contributed by atoms with Gasteiger partial charge in [-0.25, -0.2) is 9.37 Å². The van der Waals surface area contributed by atoms with E-state index in [0.29, 0.717) is 0 Å². The molecule has 0 saturated heterocycles. The van der Waals surface area contributed by atoms with Crippen LogP contribution in [0.2, 0.25) is 0 Å². The van der Waals surface area contributed by atoms with Gasteiger partial charge in [0.2, 0.25) is 0 Å². The maximum Gasteiger partial charge on any atom is 0.328 e. The Morgan fingerprint density at radius 2 is 2.14 bits per heavy atom. The molecule has 0 saturated carbocycles. The number of aromatic nitrogens is 2. The van der Waals surface area contributed by atoms with Crippen molar-refractivity contribution in [1.82, 2.24) is 9.97 Å². The van der Waals surface area contributed by atoms with Crippen LogP contribution in [0.1, 0.15) is 0 Å². The van der Waals surface area contributed by atoms with Crippen molar-refractivity contribution in [2.75, 3.05) is 0 Å². The number of H-pyrrole nitrogens is 1. The van der Waals surface area contributed by atoms with Crippen LogP contribution in [-0.4, -0.2) is 22.9 Å². The second-order valence-corrected chi connectivity index (χ2v) is 3.99. The van der Waals surface area contributed by atoms with E-state index in [4.69, 9.17) is 4.55 Å². The van der Waals surface area contributed by atoms with E-state index in [0.717, 1.165) is 6.07 Å². The van der Waals surface area contributed by atoms with Gasteiger partial charge in [0.25, 0.3) is 5.16 Å². The number of rotatable bonds is 1. The summed E-state index contributed by atoms with van der Waals surface area (Å²) in [5.74, 6) is -0.645. The van der Waals surface area contributed by atoms with Crippen molar-refractivity contribution >= 4 is 21.2 Å². The summed E-state index contributed by atoms with van der Waals surface area (Å²) < 4.78 is 43.0. The number of imidazole rings is 1. The van der Waals surface area contributed by atoms with Crippen molar-refractivity contribution in [2.24, 2.45) is 0 Å². The van der Waals surface area contributed by atoms with E-state index < -0.39 is 21.1 Å². The maximum absolute atomic E-state index is 13.0. The molecule has 0 aliphatic heterocycles. The van der Waals surface area contributed by atoms with Gasteiger partial charge >= 0.3 is 10.1 Å². The monoisotopic (exact) mass is 216 g/mol. The van der Waals surface area contributed by atoms with Gasteiger partial charge in [0, 0.05) is 0 Å². The first-order chi connectivity index (χ1) is 6.48. The number of para-hydroxylation sites is 1. The molecule has 2 rings (SSSR count). The van der Waals surface area contributed by atoms with Gasteiger partial charge in [0.15, 0.2) is 5.82 Å². The average Bonchev–Trinajstić information content (AvgIpc) is 2.48. The molecule has 2 aromatic rings. The minimum Gasteiger partial charge on any atom is -0.327 e. The number of benzene rings is 1. The third-order valence-electron chi connectivity index (χ3n) is 1.69. The van der Waals surface area contributed by atoms with Crippen molar-refractivity contribution in [1.29, 1.82) is 0 Å². The Kier molecular flexibility index (Phi) is 1.79. The Morgan fingerprint density at radius 1 is 1.43 bits per heavy atom. The van der Waals surface area contributed by atoms with Gasteiger partial charge in [0.05, 0.1) is 5.52 Å². The molecule has 0 fully saturated rings. The van der Waals surface area contributed by atoms with E-state index in [1.807, 2.05) is 0 Å². The van der Waals surface area contributed by atoms with E-state index in [-0.39, 0.29) is 11.0 Å². The molecule has 1 aromatic carbocycles. The summed E-state index contributed by atoms with van der Waals surface area (Å²) in [6.07, 6.45) is 0. The second kappa shape index (κ2) is 2.76. The molecule has 2 N–H and O–H groups in total. The number of fused-ring (bicyclic) bond motifs is 1. The molecule has 5 nitrogen and oxygen atoms in total. The Hall–Kier alpha value is -1.47. The zero-order valence-electron chi connectivity index (χ0n) is 6.73. The lowest BCUT2D eigenvalue weighted by molar-refractivity contribution is 0.476. The molecule has 1 heterocycles. The largest absolute Gasteiger partial charge is 0.328 e. The molecular weight excluding hydrogens is 211 g/mol. The van der Waals surface area contributed by atoms with Gasteiger partial charge in [-0.2, -0.15) is 8.42 Å². The van der Waals surface area contributed by atoms with Crippen LogP contribution in [-0.2, 0) is 10.1 Å². The molecule has 7 heteroatoms. The highest BCUT2D eigenvalue weighted by Crippen LogP contribution is 2.16. The predicted octanol–water partition coefficient (Wildman–Crippen LogP) is 0.949. The van der Waals surface area contributed by atoms with E-state index in [1.165, 1.54) is 12.1 Å². The van der Waals surface area contributed by atoms with Gasteiger partial charge in [-0.05, 0) is 12.1 Å². The van der Waals surface area contributed by atoms with Crippen LogP contribution in [0.5, 0.6) is 0 Å². The number of nitrogens with zero attached hydrogens (tertiary/aromatic N) is 1. The summed E-state index contributed by atoms with van der Waals surface area (Å²) in [4.78, 5) is 5.70. The van der Waals surface area contributed by atoms with Crippen molar-refractivity contribution in [3.63, 3.8) is 0 Å². The van der Waals surface area contributed by atoms with Crippen molar-refractivity contribution in [3.05, 3.63) is 24.0 Å². The molecule has 0 aliphatic rings. The van der Waals surface area contributed by atoms with E-state index in [9.17, 15) is 12.8 Å². The SMILES string of the molecule is O=S(=O)(O)c1nc2c(F)cccc2[nH]1. The Balaban J connectivity index is 2.81. The summed E-state index contributed by atoms with van der Waals surface area (Å²) in [6, 6.07) is 4.01. The second-order valence-electron chi connectivity index (χ2n) is 2.65. The summed E-state index contributed by atoms with van der Waals surface area (Å²) in [7, 11) is -4.41. The Morgan fingerprint density at radius 3 is 2.71 bits per heavy atom. The summed E-state index contributed by atoms with van der Waals surface area (Å²) in [6.45, 7) is 0. The lowest BCUT2D eigenvalue weighted by atomic mass is 10.3. The Bertz CT molecular complexity index is 590. The van der Waals surface area contributed by atoms with E-state index in [2.05, 4.69) is 9.97 Å². The quantitative estimate of drug-likeness (QED) is 0.695. The van der Waals surface area contributed by atoms with Crippen LogP contribution >= 0.6 is 0 Å². The molecular formula is C7H5FN2O3S. The van der Waals surface area contributed by atoms with Gasteiger partial charge in [-0.3, -0.25) is 4.55 Å². The van der Waals surface area contributed by atoms with Crippen molar-refractivity contribution in [2.45, 2.75) is 5.16 Å². The number of nitrogens with one attached hydrogen (secondary N) is 1. The molecule has 0 atom stereocenters. The van der Waals surface area contributed by atoms with Crippen LogP contribution in [0, 0.1) is 5.82 Å². The molecule has 0 spiro atoms. The highest BCUT2D eigenvalue weighted by Gasteiger charge is 2.16. The van der Waals surface area contributed by atoms with Crippen molar-refractivity contribution in [3.8, 4) is 0 Å². The summed E-state index contributed by atoms with van der Waals surface area (Å²) in [5, 5.41) is -0.655. The molecule has 0 unspecified atom stereocenters. The van der Waals surface area contributed by atoms with Gasteiger partial charge in [-0.1, -0.05) is 6.07 Å². The third-order valence-corrected chi connectivity index (χ3v) is 2.37. The molecule has 0 radical (unpaired) electrons. The van der Waals surface area contributed by atoms with E-state index >= 15 is 0 Å². The van der Waals surface area contributed by atoms with Crippen molar-refractivity contribution < 1.29 is 17.4 Å². The number of hydrogen-bond donors (Lipinski definition) is 2. The zero-order valence-corrected chi connectivity index (χ0v) is 7.55. The third kappa shape index (κ3) is 1.36. The summed E-state index contributed by atoms with van der Waals surface area (Å²) >= 11 is 0. The van der Waals surface area contributed by atoms with Crippen LogP contribution in [0.3, 0.4) is 0 Å². The molecule has 0 bridgehead atoms. The number of hydrogen-bond acceptors (Lipinski definition) is 3. The summed E-state index contributed by atoms with van der Waals surface area (Å²) in [5.41, 5.74) is 0.109. The molecule has 0 aliphatic carbocycles. The average molecular weight is 216 g/mol. The lowest BCUT2D eigenvalue weighted by Crippen LogP contribution is -1.99. The van der Waals surface area contributed by atoms with Crippen LogP contribution in [0.15, 0.2) is 23.4 Å². The fourth-order valence-electron chi connectivity index (χ4n) is 1.10. The van der Waals surface area contributed by atoms with Gasteiger partial charge < -0.3 is 4.98 Å². The van der Waals surface area contributed by atoms with Gasteiger partial charge in [0.1, 0.15) is 5.52 Å². The molecule has 14 heavy (non-hydrogen) atoms. The Labute approximate surface area is 78.3 Å². The standard InChI is InChI=1S/C7H5FN2O3S/c8-4-2-1-3-5-6(4)10-7(9-5)14(11,12)13/h1-3H,(H,9,10)(H,11,12,13). The minimum atomic E-state index is -4.41. The van der Waals surface area contributed by atoms with Crippen LogP contribution in [0.25, 0.3) is 11.0 Å². The minimum absolute atomic E-state index is 0.111. The predicted molar refractivity (Wildman–Crippen MR) is 45.9 cm³/mol.